The van der Waals surface area contributed by atoms with Crippen LogP contribution in [0, 0.1) is 0 Å². The Morgan fingerprint density at radius 1 is 1.06 bits per heavy atom. The second-order valence-corrected chi connectivity index (χ2v) is 6.44. The van der Waals surface area contributed by atoms with Gasteiger partial charge in [-0.15, -0.1) is 11.8 Å². The summed E-state index contributed by atoms with van der Waals surface area (Å²) in [6, 6.07) is 18.7. The molecule has 0 heterocycles. The Balaban J connectivity index is 1.86. The summed E-state index contributed by atoms with van der Waals surface area (Å²) in [6.07, 6.45) is 0. The predicted octanol–water partition coefficient (Wildman–Crippen LogP) is 5.04. The van der Waals surface area contributed by atoms with E-state index >= 15 is 0 Å². The van der Waals surface area contributed by atoms with Crippen LogP contribution in [0.2, 0.25) is 0 Å². The molecule has 0 aliphatic rings. The molecule has 2 aromatic rings. The molecule has 0 radical (unpaired) electrons. The third kappa shape index (κ3) is 4.07. The fourth-order valence-electron chi connectivity index (χ4n) is 1.62. The van der Waals surface area contributed by atoms with E-state index in [1.165, 1.54) is 15.1 Å². The zero-order chi connectivity index (χ0) is 12.8. The number of thioether (sulfide) groups is 1. The topological polar surface area (TPSA) is 12.0 Å². The Bertz CT molecular complexity index is 487. The zero-order valence-corrected chi connectivity index (χ0v) is 12.7. The summed E-state index contributed by atoms with van der Waals surface area (Å²) in [7, 11) is 0. The SMILES string of the molecule is CC(CNc1ccccc1)Sc1ccccc1Br. The lowest BCUT2D eigenvalue weighted by Gasteiger charge is -2.14. The van der Waals surface area contributed by atoms with Crippen LogP contribution < -0.4 is 5.32 Å². The molecular formula is C15H16BrNS. The first kappa shape index (κ1) is 13.5. The van der Waals surface area contributed by atoms with Gasteiger partial charge in [0.25, 0.3) is 0 Å². The lowest BCUT2D eigenvalue weighted by atomic mass is 10.3. The van der Waals surface area contributed by atoms with E-state index in [1.54, 1.807) is 0 Å². The van der Waals surface area contributed by atoms with Gasteiger partial charge in [0, 0.05) is 26.9 Å². The van der Waals surface area contributed by atoms with E-state index in [2.05, 4.69) is 58.5 Å². The van der Waals surface area contributed by atoms with Crippen LogP contribution in [0.25, 0.3) is 0 Å². The van der Waals surface area contributed by atoms with Crippen molar-refractivity contribution in [1.29, 1.82) is 0 Å². The second kappa shape index (κ2) is 6.86. The highest BCUT2D eigenvalue weighted by atomic mass is 79.9. The number of anilines is 1. The fourth-order valence-corrected chi connectivity index (χ4v) is 3.12. The highest BCUT2D eigenvalue weighted by Crippen LogP contribution is 2.30. The average Bonchev–Trinajstić information content (AvgIpc) is 2.40. The lowest BCUT2D eigenvalue weighted by Crippen LogP contribution is -2.12. The van der Waals surface area contributed by atoms with Gasteiger partial charge in [-0.2, -0.15) is 0 Å². The van der Waals surface area contributed by atoms with E-state index in [4.69, 9.17) is 0 Å². The van der Waals surface area contributed by atoms with Gasteiger partial charge in [0.05, 0.1) is 0 Å². The second-order valence-electron chi connectivity index (χ2n) is 4.11. The molecule has 2 aromatic carbocycles. The maximum absolute atomic E-state index is 3.58. The fraction of sp³-hybridized carbons (Fsp3) is 0.200. The molecule has 0 aliphatic carbocycles. The average molecular weight is 322 g/mol. The minimum atomic E-state index is 0.518. The summed E-state index contributed by atoms with van der Waals surface area (Å²) >= 11 is 5.46. The number of hydrogen-bond acceptors (Lipinski definition) is 2. The van der Waals surface area contributed by atoms with Crippen LogP contribution in [0.15, 0.2) is 64.0 Å². The first-order chi connectivity index (χ1) is 8.75. The molecule has 2 rings (SSSR count). The van der Waals surface area contributed by atoms with E-state index in [0.717, 1.165) is 6.54 Å². The summed E-state index contributed by atoms with van der Waals surface area (Å²) in [5, 5.41) is 3.97. The summed E-state index contributed by atoms with van der Waals surface area (Å²) in [5.41, 5.74) is 1.18. The molecule has 18 heavy (non-hydrogen) atoms. The normalized spacial score (nSPS) is 12.1. The number of benzene rings is 2. The maximum Gasteiger partial charge on any atom is 0.0340 e. The van der Waals surface area contributed by atoms with Crippen molar-refractivity contribution in [2.24, 2.45) is 0 Å². The highest BCUT2D eigenvalue weighted by Gasteiger charge is 2.06. The van der Waals surface area contributed by atoms with Gasteiger partial charge in [-0.25, -0.2) is 0 Å². The van der Waals surface area contributed by atoms with Crippen LogP contribution in [-0.2, 0) is 0 Å². The van der Waals surface area contributed by atoms with Crippen molar-refractivity contribution in [3.63, 3.8) is 0 Å². The van der Waals surface area contributed by atoms with Crippen molar-refractivity contribution in [2.75, 3.05) is 11.9 Å². The van der Waals surface area contributed by atoms with Gasteiger partial charge < -0.3 is 5.32 Å². The molecule has 1 nitrogen and oxygen atoms in total. The van der Waals surface area contributed by atoms with Gasteiger partial charge in [0.2, 0.25) is 0 Å². The monoisotopic (exact) mass is 321 g/mol. The van der Waals surface area contributed by atoms with Crippen LogP contribution in [0.4, 0.5) is 5.69 Å². The Kier molecular flexibility index (Phi) is 5.14. The van der Waals surface area contributed by atoms with Gasteiger partial charge in [-0.3, -0.25) is 0 Å². The number of halogens is 1. The molecule has 1 atom stereocenters. The number of para-hydroxylation sites is 1. The van der Waals surface area contributed by atoms with E-state index in [1.807, 2.05) is 36.0 Å². The van der Waals surface area contributed by atoms with Crippen molar-refractivity contribution in [3.8, 4) is 0 Å². The first-order valence-electron chi connectivity index (χ1n) is 5.96. The molecule has 0 saturated carbocycles. The highest BCUT2D eigenvalue weighted by molar-refractivity contribution is 9.10. The van der Waals surface area contributed by atoms with Crippen molar-refractivity contribution < 1.29 is 0 Å². The minimum absolute atomic E-state index is 0.518. The predicted molar refractivity (Wildman–Crippen MR) is 84.4 cm³/mol. The van der Waals surface area contributed by atoms with E-state index in [9.17, 15) is 0 Å². The van der Waals surface area contributed by atoms with Crippen LogP contribution in [0.3, 0.4) is 0 Å². The Hall–Kier alpha value is -0.930. The molecule has 0 aliphatic heterocycles. The van der Waals surface area contributed by atoms with E-state index < -0.39 is 0 Å². The van der Waals surface area contributed by atoms with Gasteiger partial charge >= 0.3 is 0 Å². The lowest BCUT2D eigenvalue weighted by molar-refractivity contribution is 0.998. The van der Waals surface area contributed by atoms with Crippen LogP contribution >= 0.6 is 27.7 Å². The summed E-state index contributed by atoms with van der Waals surface area (Å²) in [4.78, 5) is 1.29. The van der Waals surface area contributed by atoms with Crippen molar-refractivity contribution in [2.45, 2.75) is 17.1 Å². The van der Waals surface area contributed by atoms with E-state index in [-0.39, 0.29) is 0 Å². The standard InChI is InChI=1S/C15H16BrNS/c1-12(11-17-13-7-3-2-4-8-13)18-15-10-6-5-9-14(15)16/h2-10,12,17H,11H2,1H3. The number of rotatable bonds is 5. The van der Waals surface area contributed by atoms with Gasteiger partial charge in [-0.1, -0.05) is 37.3 Å². The van der Waals surface area contributed by atoms with Crippen molar-refractivity contribution in [3.05, 3.63) is 59.1 Å². The van der Waals surface area contributed by atoms with Gasteiger partial charge in [-0.05, 0) is 40.2 Å². The molecule has 0 spiro atoms. The van der Waals surface area contributed by atoms with Gasteiger partial charge in [0.15, 0.2) is 0 Å². The Morgan fingerprint density at radius 2 is 1.72 bits per heavy atom. The molecule has 1 unspecified atom stereocenters. The minimum Gasteiger partial charge on any atom is -0.384 e. The summed E-state index contributed by atoms with van der Waals surface area (Å²) in [5.74, 6) is 0. The van der Waals surface area contributed by atoms with E-state index in [0.29, 0.717) is 5.25 Å². The smallest absolute Gasteiger partial charge is 0.0340 e. The summed E-state index contributed by atoms with van der Waals surface area (Å²) in [6.45, 7) is 3.19. The van der Waals surface area contributed by atoms with Gasteiger partial charge in [0.1, 0.15) is 0 Å². The van der Waals surface area contributed by atoms with Crippen LogP contribution in [-0.4, -0.2) is 11.8 Å². The van der Waals surface area contributed by atoms with Crippen LogP contribution in [0.1, 0.15) is 6.92 Å². The molecule has 94 valence electrons. The molecule has 0 saturated heterocycles. The molecular weight excluding hydrogens is 306 g/mol. The molecule has 1 N–H and O–H groups in total. The Labute approximate surface area is 121 Å². The van der Waals surface area contributed by atoms with Crippen LogP contribution in [0.5, 0.6) is 0 Å². The zero-order valence-electron chi connectivity index (χ0n) is 10.3. The van der Waals surface area contributed by atoms with Crippen molar-refractivity contribution >= 4 is 33.4 Å². The largest absolute Gasteiger partial charge is 0.384 e. The first-order valence-corrected chi connectivity index (χ1v) is 7.63. The number of hydrogen-bond donors (Lipinski definition) is 1. The molecule has 0 aromatic heterocycles. The summed E-state index contributed by atoms with van der Waals surface area (Å²) < 4.78 is 1.17. The van der Waals surface area contributed by atoms with Crippen molar-refractivity contribution in [1.82, 2.24) is 0 Å². The molecule has 0 bridgehead atoms. The third-order valence-corrected chi connectivity index (χ3v) is 4.67. The number of nitrogens with one attached hydrogen (secondary N) is 1. The molecule has 0 fully saturated rings. The Morgan fingerprint density at radius 3 is 2.44 bits per heavy atom. The molecule has 3 heteroatoms. The third-order valence-electron chi connectivity index (χ3n) is 2.53. The quantitative estimate of drug-likeness (QED) is 0.774. The maximum atomic E-state index is 3.58. The molecule has 0 amide bonds.